The number of anilines is 1. The van der Waals surface area contributed by atoms with Crippen molar-refractivity contribution in [2.24, 2.45) is 0 Å². The SMILES string of the molecule is C=C(C)C(=O)Oc1ccc(/C=C/C(=O)Sc2ccc(N3C(=O)C=CC3=O)cc2)cc1. The summed E-state index contributed by atoms with van der Waals surface area (Å²) < 4.78 is 5.11. The molecule has 0 fully saturated rings. The predicted octanol–water partition coefficient (Wildman–Crippen LogP) is 3.93. The average Bonchev–Trinajstić information content (AvgIpc) is 3.06. The minimum Gasteiger partial charge on any atom is -0.423 e. The van der Waals surface area contributed by atoms with Gasteiger partial charge in [-0.3, -0.25) is 14.4 Å². The zero-order chi connectivity index (χ0) is 21.7. The van der Waals surface area contributed by atoms with Gasteiger partial charge < -0.3 is 4.74 Å². The zero-order valence-electron chi connectivity index (χ0n) is 16.0. The first-order valence-electron chi connectivity index (χ1n) is 8.87. The molecule has 150 valence electrons. The number of esters is 1. The van der Waals surface area contributed by atoms with Gasteiger partial charge >= 0.3 is 5.97 Å². The lowest BCUT2D eigenvalue weighted by atomic mass is 10.2. The number of hydrogen-bond donors (Lipinski definition) is 0. The van der Waals surface area contributed by atoms with Crippen LogP contribution in [0.3, 0.4) is 0 Å². The molecule has 6 nitrogen and oxygen atoms in total. The fourth-order valence-electron chi connectivity index (χ4n) is 2.47. The molecule has 1 aliphatic rings. The molecule has 0 aromatic heterocycles. The quantitative estimate of drug-likeness (QED) is 0.232. The van der Waals surface area contributed by atoms with Crippen LogP contribution in [0.2, 0.25) is 0 Å². The molecule has 3 rings (SSSR count). The molecular weight excluding hydrogens is 402 g/mol. The van der Waals surface area contributed by atoms with Crippen molar-refractivity contribution in [1.82, 2.24) is 0 Å². The van der Waals surface area contributed by atoms with Crippen LogP contribution in [0.5, 0.6) is 5.75 Å². The molecular formula is C23H17NO5S. The van der Waals surface area contributed by atoms with Crippen LogP contribution in [0.1, 0.15) is 12.5 Å². The lowest BCUT2D eigenvalue weighted by Gasteiger charge is -2.13. The highest BCUT2D eigenvalue weighted by atomic mass is 32.2. The number of hydrogen-bond acceptors (Lipinski definition) is 6. The van der Waals surface area contributed by atoms with Gasteiger partial charge in [-0.1, -0.05) is 24.8 Å². The number of rotatable bonds is 6. The molecule has 0 bridgehead atoms. The summed E-state index contributed by atoms with van der Waals surface area (Å²) in [5.74, 6) is -0.878. The molecule has 0 unspecified atom stereocenters. The predicted molar refractivity (Wildman–Crippen MR) is 115 cm³/mol. The van der Waals surface area contributed by atoms with Crippen LogP contribution >= 0.6 is 11.8 Å². The number of imide groups is 1. The summed E-state index contributed by atoms with van der Waals surface area (Å²) in [4.78, 5) is 48.8. The third kappa shape index (κ3) is 5.21. The van der Waals surface area contributed by atoms with Crippen LogP contribution in [0, 0.1) is 0 Å². The van der Waals surface area contributed by atoms with Crippen molar-refractivity contribution < 1.29 is 23.9 Å². The molecule has 0 radical (unpaired) electrons. The van der Waals surface area contributed by atoms with Gasteiger partial charge in [-0.05, 0) is 66.7 Å². The van der Waals surface area contributed by atoms with Gasteiger partial charge in [0.2, 0.25) is 5.12 Å². The molecule has 0 saturated heterocycles. The zero-order valence-corrected chi connectivity index (χ0v) is 16.8. The van der Waals surface area contributed by atoms with Gasteiger partial charge in [-0.2, -0.15) is 0 Å². The molecule has 2 amide bonds. The summed E-state index contributed by atoms with van der Waals surface area (Å²) in [7, 11) is 0. The van der Waals surface area contributed by atoms with Crippen LogP contribution in [0.25, 0.3) is 6.08 Å². The number of thioether (sulfide) groups is 1. The van der Waals surface area contributed by atoms with E-state index in [2.05, 4.69) is 6.58 Å². The molecule has 0 aliphatic carbocycles. The molecule has 1 aliphatic heterocycles. The van der Waals surface area contributed by atoms with Crippen LogP contribution in [-0.4, -0.2) is 22.9 Å². The topological polar surface area (TPSA) is 80.8 Å². The number of benzene rings is 2. The lowest BCUT2D eigenvalue weighted by Crippen LogP contribution is -2.29. The van der Waals surface area contributed by atoms with Crippen molar-refractivity contribution in [3.05, 3.63) is 84.5 Å². The maximum Gasteiger partial charge on any atom is 0.338 e. The Morgan fingerprint density at radius 3 is 2.13 bits per heavy atom. The molecule has 0 atom stereocenters. The molecule has 0 N–H and O–H groups in total. The standard InChI is InChI=1S/C23H17NO5S/c1-15(2)23(28)29-18-8-3-16(4-9-18)5-14-22(27)30-19-10-6-17(7-11-19)24-20(25)12-13-21(24)26/h3-14H,1H2,2H3/b14-5+. The van der Waals surface area contributed by atoms with Gasteiger partial charge in [0.1, 0.15) is 5.75 Å². The Hall–Kier alpha value is -3.71. The maximum absolute atomic E-state index is 12.2. The first-order chi connectivity index (χ1) is 14.3. The van der Waals surface area contributed by atoms with E-state index in [1.807, 2.05) is 0 Å². The molecule has 0 spiro atoms. The minimum absolute atomic E-state index is 0.185. The Morgan fingerprint density at radius 1 is 0.967 bits per heavy atom. The Bertz CT molecular complexity index is 1060. The van der Waals surface area contributed by atoms with Gasteiger partial charge in [0.05, 0.1) is 5.69 Å². The van der Waals surface area contributed by atoms with Crippen molar-refractivity contribution in [1.29, 1.82) is 0 Å². The fraction of sp³-hybridized carbons (Fsp3) is 0.0435. The summed E-state index contributed by atoms with van der Waals surface area (Å²) in [6.07, 6.45) is 5.53. The normalized spacial score (nSPS) is 13.2. The van der Waals surface area contributed by atoms with Crippen molar-refractivity contribution in [2.45, 2.75) is 11.8 Å². The Balaban J connectivity index is 1.57. The molecule has 1 heterocycles. The number of nitrogens with zero attached hydrogens (tertiary/aromatic N) is 1. The highest BCUT2D eigenvalue weighted by Gasteiger charge is 2.24. The molecule has 7 heteroatoms. The van der Waals surface area contributed by atoms with E-state index in [0.29, 0.717) is 21.9 Å². The number of ether oxygens (including phenoxy) is 1. The van der Waals surface area contributed by atoms with E-state index >= 15 is 0 Å². The summed E-state index contributed by atoms with van der Waals surface area (Å²) >= 11 is 1.02. The highest BCUT2D eigenvalue weighted by Crippen LogP contribution is 2.25. The van der Waals surface area contributed by atoms with Crippen LogP contribution in [0.4, 0.5) is 5.69 Å². The van der Waals surface area contributed by atoms with Crippen molar-refractivity contribution in [3.8, 4) is 5.75 Å². The number of amides is 2. The second-order valence-corrected chi connectivity index (χ2v) is 7.41. The second-order valence-electron chi connectivity index (χ2n) is 6.33. The van der Waals surface area contributed by atoms with E-state index in [1.165, 1.54) is 18.2 Å². The van der Waals surface area contributed by atoms with Crippen molar-refractivity contribution in [3.63, 3.8) is 0 Å². The van der Waals surface area contributed by atoms with Crippen LogP contribution in [-0.2, 0) is 19.2 Å². The van der Waals surface area contributed by atoms with E-state index in [1.54, 1.807) is 61.5 Å². The first kappa shape index (κ1) is 21.0. The van der Waals surface area contributed by atoms with Gasteiger partial charge in [-0.15, -0.1) is 0 Å². The largest absolute Gasteiger partial charge is 0.423 e. The van der Waals surface area contributed by atoms with Crippen LogP contribution < -0.4 is 9.64 Å². The Morgan fingerprint density at radius 2 is 1.57 bits per heavy atom. The third-order valence-electron chi connectivity index (χ3n) is 3.97. The second kappa shape index (κ2) is 9.19. The summed E-state index contributed by atoms with van der Waals surface area (Å²) in [6, 6.07) is 13.3. The molecule has 2 aromatic rings. The Kier molecular flexibility index (Phi) is 6.44. The first-order valence-corrected chi connectivity index (χ1v) is 9.69. The van der Waals surface area contributed by atoms with E-state index in [0.717, 1.165) is 22.2 Å². The maximum atomic E-state index is 12.2. The summed E-state index contributed by atoms with van der Waals surface area (Å²) in [6.45, 7) is 5.09. The van der Waals surface area contributed by atoms with Crippen molar-refractivity contribution >= 4 is 46.4 Å². The number of carbonyl (C=O) groups excluding carboxylic acids is 4. The fourth-order valence-corrected chi connectivity index (χ4v) is 3.11. The van der Waals surface area contributed by atoms with Gasteiger partial charge in [-0.25, -0.2) is 9.69 Å². The van der Waals surface area contributed by atoms with E-state index < -0.39 is 5.97 Å². The summed E-state index contributed by atoms with van der Waals surface area (Å²) in [5.41, 5.74) is 1.53. The van der Waals surface area contributed by atoms with Gasteiger partial charge in [0.15, 0.2) is 0 Å². The summed E-state index contributed by atoms with van der Waals surface area (Å²) in [5, 5.41) is -0.185. The monoisotopic (exact) mass is 419 g/mol. The molecule has 0 saturated carbocycles. The molecule has 2 aromatic carbocycles. The van der Waals surface area contributed by atoms with E-state index in [9.17, 15) is 19.2 Å². The van der Waals surface area contributed by atoms with E-state index in [4.69, 9.17) is 4.74 Å². The minimum atomic E-state index is -0.495. The Labute approximate surface area is 177 Å². The number of carbonyl (C=O) groups is 4. The van der Waals surface area contributed by atoms with Gasteiger partial charge in [0, 0.05) is 22.6 Å². The van der Waals surface area contributed by atoms with Gasteiger partial charge in [0.25, 0.3) is 11.8 Å². The molecule has 30 heavy (non-hydrogen) atoms. The highest BCUT2D eigenvalue weighted by molar-refractivity contribution is 8.14. The van der Waals surface area contributed by atoms with Crippen LogP contribution in [0.15, 0.2) is 83.8 Å². The van der Waals surface area contributed by atoms with E-state index in [-0.39, 0.29) is 16.9 Å². The smallest absolute Gasteiger partial charge is 0.338 e. The average molecular weight is 419 g/mol. The third-order valence-corrected chi connectivity index (χ3v) is 4.82. The van der Waals surface area contributed by atoms with Crippen molar-refractivity contribution in [2.75, 3.05) is 4.90 Å². The lowest BCUT2D eigenvalue weighted by molar-refractivity contribution is -0.130.